The largest absolute Gasteiger partial charge is 0.478 e. The summed E-state index contributed by atoms with van der Waals surface area (Å²) in [4.78, 5) is 40.6. The van der Waals surface area contributed by atoms with E-state index in [4.69, 9.17) is 0 Å². The Bertz CT molecular complexity index is 1760. The average Bonchev–Trinajstić information content (AvgIpc) is 3.42. The molecule has 7 rings (SSSR count). The van der Waals surface area contributed by atoms with Gasteiger partial charge in [-0.05, 0) is 78.2 Å². The summed E-state index contributed by atoms with van der Waals surface area (Å²) in [6.07, 6.45) is 4.62. The highest BCUT2D eigenvalue weighted by Gasteiger charge is 2.41. The first-order chi connectivity index (χ1) is 18.9. The van der Waals surface area contributed by atoms with Gasteiger partial charge in [-0.1, -0.05) is 55.3 Å². The Morgan fingerprint density at radius 3 is 2.38 bits per heavy atom. The van der Waals surface area contributed by atoms with Crippen LogP contribution in [0.15, 0.2) is 84.4 Å². The van der Waals surface area contributed by atoms with E-state index in [9.17, 15) is 19.5 Å². The van der Waals surface area contributed by atoms with Crippen molar-refractivity contribution in [2.45, 2.75) is 44.6 Å². The summed E-state index contributed by atoms with van der Waals surface area (Å²) in [5, 5.41) is 11.8. The highest BCUT2D eigenvalue weighted by atomic mass is 16.4. The van der Waals surface area contributed by atoms with Gasteiger partial charge in [0.15, 0.2) is 11.6 Å². The number of carboxylic acids is 1. The van der Waals surface area contributed by atoms with E-state index in [1.165, 1.54) is 58.8 Å². The molecule has 0 saturated heterocycles. The molecule has 1 N–H and O–H groups in total. The van der Waals surface area contributed by atoms with Gasteiger partial charge in [0.1, 0.15) is 0 Å². The number of ketones is 2. The summed E-state index contributed by atoms with van der Waals surface area (Å²) in [6, 6.07) is 25.9. The molecule has 1 heterocycles. The molecule has 1 saturated carbocycles. The summed E-state index contributed by atoms with van der Waals surface area (Å²) in [5.74, 6) is -1.47. The molecule has 2 unspecified atom stereocenters. The van der Waals surface area contributed by atoms with Crippen LogP contribution in [0.25, 0.3) is 16.3 Å². The molecule has 0 amide bonds. The number of hydrogen-bond acceptors (Lipinski definition) is 4. The van der Waals surface area contributed by atoms with E-state index < -0.39 is 11.8 Å². The Kier molecular flexibility index (Phi) is 5.31. The van der Waals surface area contributed by atoms with E-state index in [1.807, 2.05) is 13.0 Å². The second kappa shape index (κ2) is 8.77. The predicted octanol–water partition coefficient (Wildman–Crippen LogP) is 7.57. The number of anilines is 2. The number of allylic oxidation sites excluding steroid dienone is 2. The number of Topliss-reactive ketones (excluding diaryl/α,β-unsaturated/α-hetero) is 2. The van der Waals surface area contributed by atoms with Crippen molar-refractivity contribution in [2.24, 2.45) is 0 Å². The molecule has 0 aromatic heterocycles. The minimum absolute atomic E-state index is 0.00296. The quantitative estimate of drug-likeness (QED) is 0.226. The topological polar surface area (TPSA) is 74.7 Å². The SMILES string of the molecule is CC(=C1C(=O)c2ccc(C(=O)O)cc2C1=O)c1ccc2c(c1)C1CCCCC1N2c1cccc2ccccc12. The molecular weight excluding hydrogens is 486 g/mol. The molecule has 39 heavy (non-hydrogen) atoms. The molecule has 192 valence electrons. The lowest BCUT2D eigenvalue weighted by Gasteiger charge is -2.34. The number of nitrogens with zero attached hydrogens (tertiary/aromatic N) is 1. The van der Waals surface area contributed by atoms with E-state index >= 15 is 0 Å². The third kappa shape index (κ3) is 3.49. The first-order valence-electron chi connectivity index (χ1n) is 13.5. The number of fused-ring (bicyclic) bond motifs is 5. The molecule has 2 aliphatic carbocycles. The van der Waals surface area contributed by atoms with Crippen LogP contribution in [0.5, 0.6) is 0 Å². The highest BCUT2D eigenvalue weighted by molar-refractivity contribution is 6.42. The maximum atomic E-state index is 13.3. The van der Waals surface area contributed by atoms with Crippen molar-refractivity contribution >= 4 is 45.3 Å². The van der Waals surface area contributed by atoms with Crippen LogP contribution in [-0.4, -0.2) is 28.7 Å². The van der Waals surface area contributed by atoms with E-state index in [2.05, 4.69) is 59.5 Å². The van der Waals surface area contributed by atoms with Crippen molar-refractivity contribution in [3.8, 4) is 0 Å². The zero-order chi connectivity index (χ0) is 26.8. The third-order valence-electron chi connectivity index (χ3n) is 8.79. The van der Waals surface area contributed by atoms with Gasteiger partial charge in [0.25, 0.3) is 0 Å². The normalized spacial score (nSPS) is 21.1. The first-order valence-corrected chi connectivity index (χ1v) is 13.5. The van der Waals surface area contributed by atoms with Gasteiger partial charge >= 0.3 is 5.97 Å². The summed E-state index contributed by atoms with van der Waals surface area (Å²) >= 11 is 0. The fourth-order valence-electron chi connectivity index (χ4n) is 6.91. The molecule has 4 aromatic carbocycles. The number of carboxylic acid groups (broad SMARTS) is 1. The van der Waals surface area contributed by atoms with E-state index in [0.717, 1.165) is 18.4 Å². The number of rotatable bonds is 3. The Morgan fingerprint density at radius 2 is 1.54 bits per heavy atom. The van der Waals surface area contributed by atoms with Crippen LogP contribution < -0.4 is 4.90 Å². The van der Waals surface area contributed by atoms with Gasteiger partial charge in [0, 0.05) is 39.8 Å². The average molecular weight is 514 g/mol. The number of carbonyl (C=O) groups excluding carboxylic acids is 2. The van der Waals surface area contributed by atoms with Crippen molar-refractivity contribution in [1.29, 1.82) is 0 Å². The van der Waals surface area contributed by atoms with Crippen LogP contribution in [0.1, 0.15) is 80.7 Å². The Labute approximate surface area is 226 Å². The smallest absolute Gasteiger partial charge is 0.335 e. The Morgan fingerprint density at radius 1 is 0.795 bits per heavy atom. The molecule has 5 heteroatoms. The van der Waals surface area contributed by atoms with Gasteiger partial charge in [-0.2, -0.15) is 0 Å². The summed E-state index contributed by atoms with van der Waals surface area (Å²) in [7, 11) is 0. The monoisotopic (exact) mass is 513 g/mol. The molecule has 1 aliphatic heterocycles. The highest BCUT2D eigenvalue weighted by Crippen LogP contribution is 2.52. The summed E-state index contributed by atoms with van der Waals surface area (Å²) in [6.45, 7) is 1.83. The molecule has 0 spiro atoms. The molecule has 5 nitrogen and oxygen atoms in total. The predicted molar refractivity (Wildman–Crippen MR) is 152 cm³/mol. The number of carbonyl (C=O) groups is 3. The first kappa shape index (κ1) is 23.6. The minimum Gasteiger partial charge on any atom is -0.478 e. The second-order valence-corrected chi connectivity index (χ2v) is 10.8. The Balaban J connectivity index is 1.34. The van der Waals surface area contributed by atoms with Crippen LogP contribution in [0.3, 0.4) is 0 Å². The third-order valence-corrected chi connectivity index (χ3v) is 8.79. The van der Waals surface area contributed by atoms with Crippen LogP contribution in [0.4, 0.5) is 11.4 Å². The maximum Gasteiger partial charge on any atom is 0.335 e. The fraction of sp³-hybridized carbons (Fsp3) is 0.206. The van der Waals surface area contributed by atoms with Gasteiger partial charge in [-0.3, -0.25) is 9.59 Å². The molecule has 0 bridgehead atoms. The molecular formula is C34H27NO4. The molecule has 3 aliphatic rings. The van der Waals surface area contributed by atoms with Gasteiger partial charge in [-0.15, -0.1) is 0 Å². The van der Waals surface area contributed by atoms with Crippen LogP contribution in [0, 0.1) is 0 Å². The van der Waals surface area contributed by atoms with Crippen molar-refractivity contribution in [3.05, 3.63) is 112 Å². The lowest BCUT2D eigenvalue weighted by atomic mass is 9.81. The van der Waals surface area contributed by atoms with Gasteiger partial charge in [-0.25, -0.2) is 4.79 Å². The van der Waals surface area contributed by atoms with Crippen molar-refractivity contribution in [1.82, 2.24) is 0 Å². The number of hydrogen-bond donors (Lipinski definition) is 1. The molecule has 1 fully saturated rings. The van der Waals surface area contributed by atoms with Crippen LogP contribution >= 0.6 is 0 Å². The van der Waals surface area contributed by atoms with E-state index in [1.54, 1.807) is 0 Å². The lowest BCUT2D eigenvalue weighted by Crippen LogP contribution is -2.32. The number of benzene rings is 4. The minimum atomic E-state index is -1.12. The zero-order valence-electron chi connectivity index (χ0n) is 21.6. The summed E-state index contributed by atoms with van der Waals surface area (Å²) in [5.41, 5.74) is 5.77. The Hall–Kier alpha value is -4.51. The van der Waals surface area contributed by atoms with Gasteiger partial charge in [0.2, 0.25) is 0 Å². The van der Waals surface area contributed by atoms with Crippen molar-refractivity contribution in [2.75, 3.05) is 4.90 Å². The lowest BCUT2D eigenvalue weighted by molar-refractivity contribution is 0.0696. The van der Waals surface area contributed by atoms with Crippen molar-refractivity contribution < 1.29 is 19.5 Å². The molecule has 4 aromatic rings. The summed E-state index contributed by atoms with van der Waals surface area (Å²) < 4.78 is 0. The van der Waals surface area contributed by atoms with Crippen LogP contribution in [0.2, 0.25) is 0 Å². The second-order valence-electron chi connectivity index (χ2n) is 10.8. The standard InChI is InChI=1S/C34H27NO4/c1-19(31-32(36)25-15-13-22(34(38)39)18-27(25)33(31)37)21-14-16-30-26(17-21)24-10-4-5-11-29(24)35(30)28-12-6-8-20-7-2-3-9-23(20)28/h2-3,6-9,12-18,24,29H,4-5,10-11H2,1H3,(H,38,39). The fourth-order valence-corrected chi connectivity index (χ4v) is 6.91. The zero-order valence-corrected chi connectivity index (χ0v) is 21.6. The van der Waals surface area contributed by atoms with E-state index in [-0.39, 0.29) is 28.0 Å². The molecule has 0 radical (unpaired) electrons. The maximum absolute atomic E-state index is 13.3. The van der Waals surface area contributed by atoms with Gasteiger partial charge in [0.05, 0.1) is 11.1 Å². The molecule has 2 atom stereocenters. The van der Waals surface area contributed by atoms with E-state index in [0.29, 0.717) is 17.5 Å². The van der Waals surface area contributed by atoms with Gasteiger partial charge < -0.3 is 10.0 Å². The van der Waals surface area contributed by atoms with Crippen molar-refractivity contribution in [3.63, 3.8) is 0 Å². The number of aromatic carboxylic acids is 1. The van der Waals surface area contributed by atoms with Crippen LogP contribution in [-0.2, 0) is 0 Å².